The van der Waals surface area contributed by atoms with E-state index in [2.05, 4.69) is 47.8 Å². The van der Waals surface area contributed by atoms with Crippen LogP contribution in [0.1, 0.15) is 41.3 Å². The largest absolute Gasteiger partial charge is 0.346 e. The van der Waals surface area contributed by atoms with Crippen molar-refractivity contribution in [2.24, 2.45) is 7.05 Å². The molecule has 1 aliphatic rings. The number of nitrogens with zero attached hydrogens (tertiary/aromatic N) is 2. The molecule has 5 nitrogen and oxygen atoms in total. The van der Waals surface area contributed by atoms with E-state index < -0.39 is 0 Å². The molecule has 0 unspecified atom stereocenters. The zero-order chi connectivity index (χ0) is 16.4. The molecule has 0 radical (unpaired) electrons. The summed E-state index contributed by atoms with van der Waals surface area (Å²) in [6, 6.07) is 8.70. The minimum Gasteiger partial charge on any atom is -0.346 e. The summed E-state index contributed by atoms with van der Waals surface area (Å²) in [7, 11) is 1.91. The minimum absolute atomic E-state index is 0.0321. The van der Waals surface area contributed by atoms with Crippen molar-refractivity contribution in [3.8, 4) is 0 Å². The molecular weight excluding hydrogens is 288 g/mol. The Morgan fingerprint density at radius 3 is 2.83 bits per heavy atom. The second kappa shape index (κ2) is 6.54. The van der Waals surface area contributed by atoms with Gasteiger partial charge < -0.3 is 10.6 Å². The number of piperidine rings is 1. The van der Waals surface area contributed by atoms with Gasteiger partial charge in [-0.25, -0.2) is 0 Å². The van der Waals surface area contributed by atoms with Crippen LogP contribution in [0.3, 0.4) is 0 Å². The van der Waals surface area contributed by atoms with Gasteiger partial charge >= 0.3 is 0 Å². The molecule has 23 heavy (non-hydrogen) atoms. The van der Waals surface area contributed by atoms with Crippen molar-refractivity contribution in [2.75, 3.05) is 0 Å². The van der Waals surface area contributed by atoms with Gasteiger partial charge in [0.25, 0.3) is 0 Å². The maximum absolute atomic E-state index is 11.8. The number of hydrogen-bond acceptors (Lipinski definition) is 3. The van der Waals surface area contributed by atoms with Crippen molar-refractivity contribution in [1.82, 2.24) is 20.4 Å². The maximum Gasteiger partial charge on any atom is 0.220 e. The number of nitrogens with one attached hydrogen (secondary N) is 2. The highest BCUT2D eigenvalue weighted by atomic mass is 16.1. The molecule has 2 heterocycles. The molecule has 3 rings (SSSR count). The van der Waals surface area contributed by atoms with Crippen molar-refractivity contribution in [1.29, 1.82) is 0 Å². The van der Waals surface area contributed by atoms with Crippen LogP contribution in [0, 0.1) is 13.8 Å². The maximum atomic E-state index is 11.8. The molecule has 1 aromatic carbocycles. The summed E-state index contributed by atoms with van der Waals surface area (Å²) >= 11 is 0. The zero-order valence-electron chi connectivity index (χ0n) is 14.0. The van der Waals surface area contributed by atoms with Gasteiger partial charge in [0.1, 0.15) is 0 Å². The van der Waals surface area contributed by atoms with Crippen molar-refractivity contribution >= 4 is 5.91 Å². The SMILES string of the molecule is Cc1ccc(CN[C@@H]2CCC(=O)N[C@H]2c2ccnn2C)cc1C. The molecule has 2 N–H and O–H groups in total. The Bertz CT molecular complexity index is 707. The number of hydrogen-bond donors (Lipinski definition) is 2. The summed E-state index contributed by atoms with van der Waals surface area (Å²) in [6.45, 7) is 5.07. The van der Waals surface area contributed by atoms with Gasteiger partial charge in [-0.15, -0.1) is 0 Å². The van der Waals surface area contributed by atoms with E-state index in [1.165, 1.54) is 16.7 Å². The molecule has 2 atom stereocenters. The topological polar surface area (TPSA) is 59.0 Å². The fourth-order valence-corrected chi connectivity index (χ4v) is 3.15. The molecule has 1 fully saturated rings. The van der Waals surface area contributed by atoms with Crippen molar-refractivity contribution in [2.45, 2.75) is 45.3 Å². The van der Waals surface area contributed by atoms with Crippen molar-refractivity contribution in [3.63, 3.8) is 0 Å². The number of benzene rings is 1. The van der Waals surface area contributed by atoms with Crippen molar-refractivity contribution < 1.29 is 4.79 Å². The average Bonchev–Trinajstić information content (AvgIpc) is 2.95. The van der Waals surface area contributed by atoms with Gasteiger partial charge in [0, 0.05) is 32.3 Å². The fraction of sp³-hybridized carbons (Fsp3) is 0.444. The molecule has 0 bridgehead atoms. The first kappa shape index (κ1) is 15.7. The molecule has 0 saturated carbocycles. The first-order valence-corrected chi connectivity index (χ1v) is 8.11. The normalized spacial score (nSPS) is 21.3. The number of carbonyl (C=O) groups is 1. The third kappa shape index (κ3) is 3.45. The van der Waals surface area contributed by atoms with E-state index in [0.29, 0.717) is 6.42 Å². The Balaban J connectivity index is 1.73. The van der Waals surface area contributed by atoms with E-state index in [1.54, 1.807) is 6.20 Å². The zero-order valence-corrected chi connectivity index (χ0v) is 14.0. The molecule has 1 aromatic heterocycles. The predicted molar refractivity (Wildman–Crippen MR) is 89.9 cm³/mol. The second-order valence-electron chi connectivity index (χ2n) is 6.37. The highest BCUT2D eigenvalue weighted by Crippen LogP contribution is 2.24. The van der Waals surface area contributed by atoms with Gasteiger partial charge in [0.2, 0.25) is 5.91 Å². The van der Waals surface area contributed by atoms with Crippen LogP contribution in [0.2, 0.25) is 0 Å². The number of rotatable bonds is 4. The van der Waals surface area contributed by atoms with E-state index >= 15 is 0 Å². The lowest BCUT2D eigenvalue weighted by molar-refractivity contribution is -0.124. The van der Waals surface area contributed by atoms with Gasteiger partial charge in [-0.3, -0.25) is 9.48 Å². The lowest BCUT2D eigenvalue weighted by atomic mass is 9.95. The highest BCUT2D eigenvalue weighted by Gasteiger charge is 2.31. The van der Waals surface area contributed by atoms with Crippen LogP contribution in [0.4, 0.5) is 0 Å². The molecule has 122 valence electrons. The quantitative estimate of drug-likeness (QED) is 0.909. The van der Waals surface area contributed by atoms with Gasteiger partial charge in [0.15, 0.2) is 0 Å². The predicted octanol–water partition coefficient (Wildman–Crippen LogP) is 2.15. The molecule has 1 saturated heterocycles. The Morgan fingerprint density at radius 1 is 1.30 bits per heavy atom. The van der Waals surface area contributed by atoms with E-state index in [4.69, 9.17) is 0 Å². The standard InChI is InChI=1S/C18H24N4O/c1-12-4-5-14(10-13(12)2)11-19-15-6-7-17(23)21-18(15)16-8-9-20-22(16)3/h4-5,8-10,15,18-19H,6-7,11H2,1-3H3,(H,21,23)/t15-,18-/m1/s1. The first-order chi connectivity index (χ1) is 11.0. The summed E-state index contributed by atoms with van der Waals surface area (Å²) < 4.78 is 1.83. The van der Waals surface area contributed by atoms with Crippen LogP contribution in [-0.2, 0) is 18.4 Å². The third-order valence-electron chi connectivity index (χ3n) is 4.72. The Kier molecular flexibility index (Phi) is 4.48. The Morgan fingerprint density at radius 2 is 2.13 bits per heavy atom. The Labute approximate surface area is 137 Å². The van der Waals surface area contributed by atoms with Crippen LogP contribution in [0.5, 0.6) is 0 Å². The molecule has 1 amide bonds. The number of carbonyl (C=O) groups excluding carboxylic acids is 1. The first-order valence-electron chi connectivity index (χ1n) is 8.11. The van der Waals surface area contributed by atoms with Crippen LogP contribution >= 0.6 is 0 Å². The Hall–Kier alpha value is -2.14. The third-order valence-corrected chi connectivity index (χ3v) is 4.72. The lowest BCUT2D eigenvalue weighted by Gasteiger charge is -2.33. The van der Waals surface area contributed by atoms with Crippen LogP contribution in [0.15, 0.2) is 30.5 Å². The summed E-state index contributed by atoms with van der Waals surface area (Å²) in [5.41, 5.74) is 4.93. The number of aryl methyl sites for hydroxylation is 3. The van der Waals surface area contributed by atoms with Crippen LogP contribution in [0.25, 0.3) is 0 Å². The van der Waals surface area contributed by atoms with Gasteiger partial charge in [0.05, 0.1) is 11.7 Å². The van der Waals surface area contributed by atoms with Gasteiger partial charge in [-0.05, 0) is 43.0 Å². The van der Waals surface area contributed by atoms with E-state index in [0.717, 1.165) is 18.7 Å². The smallest absolute Gasteiger partial charge is 0.220 e. The van der Waals surface area contributed by atoms with E-state index in [-0.39, 0.29) is 18.0 Å². The van der Waals surface area contributed by atoms with E-state index in [9.17, 15) is 4.79 Å². The lowest BCUT2D eigenvalue weighted by Crippen LogP contribution is -2.48. The van der Waals surface area contributed by atoms with Gasteiger partial charge in [-0.1, -0.05) is 18.2 Å². The summed E-state index contributed by atoms with van der Waals surface area (Å²) in [5, 5.41) is 10.9. The summed E-state index contributed by atoms with van der Waals surface area (Å²) in [5.74, 6) is 0.112. The minimum atomic E-state index is -0.0321. The average molecular weight is 312 g/mol. The second-order valence-corrected chi connectivity index (χ2v) is 6.37. The van der Waals surface area contributed by atoms with Crippen LogP contribution in [-0.4, -0.2) is 21.7 Å². The fourth-order valence-electron chi connectivity index (χ4n) is 3.15. The van der Waals surface area contributed by atoms with Gasteiger partial charge in [-0.2, -0.15) is 5.10 Å². The molecule has 2 aromatic rings. The number of amides is 1. The molecule has 5 heteroatoms. The highest BCUT2D eigenvalue weighted by molar-refractivity contribution is 5.77. The molecule has 0 spiro atoms. The van der Waals surface area contributed by atoms with Crippen molar-refractivity contribution in [3.05, 3.63) is 52.8 Å². The van der Waals surface area contributed by atoms with Crippen LogP contribution < -0.4 is 10.6 Å². The summed E-state index contributed by atoms with van der Waals surface area (Å²) in [6.07, 6.45) is 3.18. The molecule has 0 aliphatic carbocycles. The molecule has 1 aliphatic heterocycles. The molecular formula is C18H24N4O. The summed E-state index contributed by atoms with van der Waals surface area (Å²) in [4.78, 5) is 11.8. The monoisotopic (exact) mass is 312 g/mol. The number of aromatic nitrogens is 2. The van der Waals surface area contributed by atoms with E-state index in [1.807, 2.05) is 17.8 Å².